The monoisotopic (exact) mass is 379 g/mol. The number of hydrogen-bond donors (Lipinski definition) is 2. The molecule has 0 fully saturated rings. The average Bonchev–Trinajstić information content (AvgIpc) is 2.23. The second-order valence-electron chi connectivity index (χ2n) is 2.98. The fourth-order valence-electron chi connectivity index (χ4n) is 1.11. The Hall–Kier alpha value is -0.660. The van der Waals surface area contributed by atoms with E-state index in [4.69, 9.17) is 10.5 Å². The number of thiocarbonyl (C=S) groups is 1. The Morgan fingerprint density at radius 1 is 1.53 bits per heavy atom. The van der Waals surface area contributed by atoms with Crippen molar-refractivity contribution in [2.75, 3.05) is 6.61 Å². The third-order valence-corrected chi connectivity index (χ3v) is 2.97. The fourth-order valence-corrected chi connectivity index (χ4v) is 2.61. The normalized spacial score (nSPS) is 10.5. The lowest BCUT2D eigenvalue weighted by molar-refractivity contribution is 0.336. The summed E-state index contributed by atoms with van der Waals surface area (Å²) < 4.78 is 7.18. The first kappa shape index (κ1) is 14.4. The molecule has 0 aromatic heterocycles. The minimum Gasteiger partial charge on any atom is -0.492 e. The molecule has 0 amide bonds. The lowest BCUT2D eigenvalue weighted by atomic mass is 10.2. The van der Waals surface area contributed by atoms with Crippen LogP contribution in [0.25, 0.3) is 0 Å². The van der Waals surface area contributed by atoms with E-state index in [1.165, 1.54) is 0 Å². The van der Waals surface area contributed by atoms with Crippen LogP contribution >= 0.6 is 44.1 Å². The van der Waals surface area contributed by atoms with Crippen LogP contribution in [0.5, 0.6) is 5.75 Å². The van der Waals surface area contributed by atoms with E-state index in [1.807, 2.05) is 19.1 Å². The summed E-state index contributed by atoms with van der Waals surface area (Å²) in [5, 5.41) is 4.01. The van der Waals surface area contributed by atoms with Gasteiger partial charge < -0.3 is 10.5 Å². The summed E-state index contributed by atoms with van der Waals surface area (Å²) in [5.41, 5.74) is 8.62. The standard InChI is InChI=1S/C10H11Br2N3OS/c1-2-16-9-7(11)3-6(4-8(9)12)5-14-15-10(13)17/h3-5H,2H2,1H3,(H3,13,15,17). The molecule has 0 saturated heterocycles. The zero-order valence-electron chi connectivity index (χ0n) is 9.04. The molecule has 4 nitrogen and oxygen atoms in total. The number of nitrogens with zero attached hydrogens (tertiary/aromatic N) is 1. The Bertz CT molecular complexity index is 428. The minimum absolute atomic E-state index is 0.130. The van der Waals surface area contributed by atoms with Crippen LogP contribution in [0.4, 0.5) is 0 Å². The molecule has 0 saturated carbocycles. The third-order valence-electron chi connectivity index (χ3n) is 1.70. The summed E-state index contributed by atoms with van der Waals surface area (Å²) in [6.45, 7) is 2.54. The first-order valence-corrected chi connectivity index (χ1v) is 6.74. The van der Waals surface area contributed by atoms with Crippen LogP contribution in [-0.2, 0) is 0 Å². The molecular formula is C10H11Br2N3OS. The molecule has 0 unspecified atom stereocenters. The van der Waals surface area contributed by atoms with Gasteiger partial charge in [0.25, 0.3) is 0 Å². The van der Waals surface area contributed by atoms with Crippen molar-refractivity contribution in [1.29, 1.82) is 0 Å². The molecule has 92 valence electrons. The van der Waals surface area contributed by atoms with E-state index < -0.39 is 0 Å². The Morgan fingerprint density at radius 2 is 2.12 bits per heavy atom. The molecule has 0 atom stereocenters. The molecule has 0 aliphatic carbocycles. The molecule has 1 aromatic carbocycles. The molecule has 0 aliphatic rings. The number of nitrogens with two attached hydrogens (primary N) is 1. The van der Waals surface area contributed by atoms with E-state index >= 15 is 0 Å². The molecule has 17 heavy (non-hydrogen) atoms. The van der Waals surface area contributed by atoms with Crippen molar-refractivity contribution >= 4 is 55.4 Å². The molecule has 0 spiro atoms. The molecule has 0 heterocycles. The van der Waals surface area contributed by atoms with E-state index in [1.54, 1.807) is 6.21 Å². The van der Waals surface area contributed by atoms with Crippen LogP contribution in [0.15, 0.2) is 26.2 Å². The maximum atomic E-state index is 5.47. The van der Waals surface area contributed by atoms with Crippen molar-refractivity contribution in [1.82, 2.24) is 5.43 Å². The van der Waals surface area contributed by atoms with Gasteiger partial charge in [0.05, 0.1) is 21.8 Å². The van der Waals surface area contributed by atoms with Crippen LogP contribution in [-0.4, -0.2) is 17.9 Å². The van der Waals surface area contributed by atoms with Gasteiger partial charge in [0.15, 0.2) is 5.11 Å². The highest BCUT2D eigenvalue weighted by atomic mass is 79.9. The highest BCUT2D eigenvalue weighted by Gasteiger charge is 2.07. The van der Waals surface area contributed by atoms with Crippen molar-refractivity contribution in [3.05, 3.63) is 26.6 Å². The Kier molecular flexibility index (Phi) is 5.87. The lowest BCUT2D eigenvalue weighted by Crippen LogP contribution is -2.23. The van der Waals surface area contributed by atoms with Gasteiger partial charge in [-0.05, 0) is 68.7 Å². The van der Waals surface area contributed by atoms with Crippen LogP contribution in [0, 0.1) is 0 Å². The molecule has 0 aliphatic heterocycles. The number of nitrogens with one attached hydrogen (secondary N) is 1. The first-order valence-electron chi connectivity index (χ1n) is 4.75. The predicted octanol–water partition coefficient (Wildman–Crippen LogP) is 2.78. The van der Waals surface area contributed by atoms with Crippen molar-refractivity contribution in [3.63, 3.8) is 0 Å². The van der Waals surface area contributed by atoms with Gasteiger partial charge in [-0.3, -0.25) is 5.43 Å². The summed E-state index contributed by atoms with van der Waals surface area (Å²) >= 11 is 11.5. The van der Waals surface area contributed by atoms with E-state index in [2.05, 4.69) is 54.6 Å². The SMILES string of the molecule is CCOc1c(Br)cc(C=NNC(N)=S)cc1Br. The summed E-state index contributed by atoms with van der Waals surface area (Å²) in [6, 6.07) is 3.78. The van der Waals surface area contributed by atoms with Gasteiger partial charge in [-0.2, -0.15) is 5.10 Å². The van der Waals surface area contributed by atoms with Crippen molar-refractivity contribution in [3.8, 4) is 5.75 Å². The summed E-state index contributed by atoms with van der Waals surface area (Å²) in [5.74, 6) is 0.770. The Balaban J connectivity index is 2.90. The second-order valence-corrected chi connectivity index (χ2v) is 5.13. The summed E-state index contributed by atoms with van der Waals surface area (Å²) in [7, 11) is 0. The molecule has 3 N–H and O–H groups in total. The number of hydrogen-bond acceptors (Lipinski definition) is 3. The van der Waals surface area contributed by atoms with Gasteiger partial charge in [0.2, 0.25) is 0 Å². The molecular weight excluding hydrogens is 370 g/mol. The topological polar surface area (TPSA) is 59.6 Å². The maximum absolute atomic E-state index is 5.47. The quantitative estimate of drug-likeness (QED) is 0.479. The van der Waals surface area contributed by atoms with Crippen LogP contribution in [0.1, 0.15) is 12.5 Å². The predicted molar refractivity (Wildman–Crippen MR) is 80.5 cm³/mol. The van der Waals surface area contributed by atoms with Gasteiger partial charge >= 0.3 is 0 Å². The van der Waals surface area contributed by atoms with E-state index in [9.17, 15) is 0 Å². The van der Waals surface area contributed by atoms with E-state index in [0.717, 1.165) is 20.3 Å². The summed E-state index contributed by atoms with van der Waals surface area (Å²) in [6.07, 6.45) is 1.62. The third kappa shape index (κ3) is 4.61. The molecule has 0 radical (unpaired) electrons. The summed E-state index contributed by atoms with van der Waals surface area (Å²) in [4.78, 5) is 0. The molecule has 0 bridgehead atoms. The van der Waals surface area contributed by atoms with Gasteiger partial charge in [0, 0.05) is 0 Å². The number of halogens is 2. The maximum Gasteiger partial charge on any atom is 0.184 e. The fraction of sp³-hybridized carbons (Fsp3) is 0.200. The highest BCUT2D eigenvalue weighted by Crippen LogP contribution is 2.34. The van der Waals surface area contributed by atoms with Gasteiger partial charge in [0.1, 0.15) is 5.75 Å². The second kappa shape index (κ2) is 6.93. The molecule has 1 rings (SSSR count). The van der Waals surface area contributed by atoms with Crippen molar-refractivity contribution < 1.29 is 4.74 Å². The largest absolute Gasteiger partial charge is 0.492 e. The Morgan fingerprint density at radius 3 is 2.59 bits per heavy atom. The zero-order chi connectivity index (χ0) is 12.8. The van der Waals surface area contributed by atoms with Crippen LogP contribution < -0.4 is 15.9 Å². The average molecular weight is 381 g/mol. The van der Waals surface area contributed by atoms with Gasteiger partial charge in [-0.25, -0.2) is 0 Å². The number of rotatable bonds is 4. The number of ether oxygens (including phenoxy) is 1. The lowest BCUT2D eigenvalue weighted by Gasteiger charge is -2.09. The smallest absolute Gasteiger partial charge is 0.184 e. The van der Waals surface area contributed by atoms with Crippen LogP contribution in [0.2, 0.25) is 0 Å². The first-order chi connectivity index (χ1) is 8.04. The van der Waals surface area contributed by atoms with Gasteiger partial charge in [-0.1, -0.05) is 0 Å². The van der Waals surface area contributed by atoms with Gasteiger partial charge in [-0.15, -0.1) is 0 Å². The van der Waals surface area contributed by atoms with E-state index in [-0.39, 0.29) is 5.11 Å². The zero-order valence-corrected chi connectivity index (χ0v) is 13.0. The van der Waals surface area contributed by atoms with Crippen molar-refractivity contribution in [2.24, 2.45) is 10.8 Å². The van der Waals surface area contributed by atoms with Crippen molar-refractivity contribution in [2.45, 2.75) is 6.92 Å². The highest BCUT2D eigenvalue weighted by molar-refractivity contribution is 9.11. The number of hydrazone groups is 1. The van der Waals surface area contributed by atoms with E-state index in [0.29, 0.717) is 6.61 Å². The molecule has 1 aromatic rings. The molecule has 7 heteroatoms. The van der Waals surface area contributed by atoms with Crippen LogP contribution in [0.3, 0.4) is 0 Å². The number of benzene rings is 1. The minimum atomic E-state index is 0.130. The Labute approximate surface area is 122 Å².